The van der Waals surface area contributed by atoms with Crippen LogP contribution in [0.25, 0.3) is 20.7 Å². The van der Waals surface area contributed by atoms with Crippen molar-refractivity contribution in [1.29, 1.82) is 0 Å². The van der Waals surface area contributed by atoms with Gasteiger partial charge in [-0.15, -0.1) is 11.3 Å². The highest BCUT2D eigenvalue weighted by Gasteiger charge is 2.18. The maximum Gasteiger partial charge on any atom is 0.234 e. The predicted molar refractivity (Wildman–Crippen MR) is 120 cm³/mol. The first kappa shape index (κ1) is 19.2. The lowest BCUT2D eigenvalue weighted by Gasteiger charge is -2.08. The van der Waals surface area contributed by atoms with Crippen LogP contribution >= 0.6 is 34.7 Å². The monoisotopic (exact) mass is 455 g/mol. The van der Waals surface area contributed by atoms with Crippen LogP contribution in [0.15, 0.2) is 59.9 Å². The number of thiophene rings is 1. The number of thioether (sulfide) groups is 1. The van der Waals surface area contributed by atoms with E-state index in [0.717, 1.165) is 25.7 Å². The summed E-state index contributed by atoms with van der Waals surface area (Å²) in [5.74, 6) is 1.13. The van der Waals surface area contributed by atoms with E-state index in [9.17, 15) is 4.79 Å². The van der Waals surface area contributed by atoms with Gasteiger partial charge in [0.05, 0.1) is 16.5 Å². The minimum Gasteiger partial charge on any atom is -0.454 e. The smallest absolute Gasteiger partial charge is 0.234 e. The average Bonchev–Trinajstić information content (AvgIpc) is 3.40. The summed E-state index contributed by atoms with van der Waals surface area (Å²) in [6, 6.07) is 15.5. The zero-order valence-electron chi connectivity index (χ0n) is 15.4. The Morgan fingerprint density at radius 3 is 2.77 bits per heavy atom. The van der Waals surface area contributed by atoms with Crippen LogP contribution in [0.3, 0.4) is 0 Å². The van der Waals surface area contributed by atoms with Crippen molar-refractivity contribution in [3.05, 3.63) is 59.9 Å². The van der Waals surface area contributed by atoms with Crippen LogP contribution in [0.2, 0.25) is 5.02 Å². The second-order valence-electron chi connectivity index (χ2n) is 6.40. The molecule has 3 heterocycles. The molecule has 0 atom stereocenters. The van der Waals surface area contributed by atoms with Gasteiger partial charge in [-0.25, -0.2) is 9.97 Å². The third-order valence-corrected chi connectivity index (χ3v) is 6.84. The van der Waals surface area contributed by atoms with Gasteiger partial charge in [0.1, 0.15) is 16.2 Å². The Morgan fingerprint density at radius 2 is 1.93 bits per heavy atom. The Labute approximate surface area is 185 Å². The van der Waals surface area contributed by atoms with Gasteiger partial charge in [0.25, 0.3) is 0 Å². The van der Waals surface area contributed by atoms with E-state index >= 15 is 0 Å². The van der Waals surface area contributed by atoms with E-state index in [1.54, 1.807) is 23.5 Å². The van der Waals surface area contributed by atoms with Gasteiger partial charge in [-0.3, -0.25) is 4.79 Å². The zero-order valence-corrected chi connectivity index (χ0v) is 17.8. The van der Waals surface area contributed by atoms with E-state index in [2.05, 4.69) is 33.5 Å². The zero-order chi connectivity index (χ0) is 20.5. The summed E-state index contributed by atoms with van der Waals surface area (Å²) in [6.45, 7) is 0.147. The molecule has 150 valence electrons. The second kappa shape index (κ2) is 8.14. The molecule has 1 amide bonds. The third-order valence-electron chi connectivity index (χ3n) is 4.43. The fourth-order valence-corrected chi connectivity index (χ4v) is 5.07. The molecule has 0 saturated carbocycles. The molecule has 2 aromatic heterocycles. The molecule has 30 heavy (non-hydrogen) atoms. The summed E-state index contributed by atoms with van der Waals surface area (Å²) in [7, 11) is 0. The summed E-state index contributed by atoms with van der Waals surface area (Å²) in [6.07, 6.45) is 1.53. The van der Waals surface area contributed by atoms with E-state index < -0.39 is 0 Å². The maximum atomic E-state index is 12.5. The maximum absolute atomic E-state index is 12.5. The first-order valence-electron chi connectivity index (χ1n) is 8.99. The van der Waals surface area contributed by atoms with Crippen molar-refractivity contribution >= 4 is 56.5 Å². The summed E-state index contributed by atoms with van der Waals surface area (Å²) < 4.78 is 10.6. The highest BCUT2D eigenvalue weighted by molar-refractivity contribution is 8.00. The van der Waals surface area contributed by atoms with E-state index in [4.69, 9.17) is 21.1 Å². The molecule has 0 radical (unpaired) electrons. The quantitative estimate of drug-likeness (QED) is 0.317. The molecule has 0 spiro atoms. The minimum atomic E-state index is -0.189. The molecule has 1 N–H and O–H groups in total. The lowest BCUT2D eigenvalue weighted by Crippen LogP contribution is -2.14. The van der Waals surface area contributed by atoms with Gasteiger partial charge >= 0.3 is 0 Å². The standard InChI is InChI=1S/C21H14ClN3O3S2/c22-14-7-16-17(28-11-27-16)8-15(14)25-19(26)9-29-20-13-6-18(12-4-2-1-3-5-12)30-21(13)24-10-23-20/h1-8,10H,9,11H2,(H,25,26). The predicted octanol–water partition coefficient (Wildman–Crippen LogP) is 5.47. The number of benzene rings is 2. The molecular weight excluding hydrogens is 442 g/mol. The fraction of sp³-hybridized carbons (Fsp3) is 0.0952. The molecule has 9 heteroatoms. The first-order chi connectivity index (χ1) is 14.7. The molecular formula is C21H14ClN3O3S2. The van der Waals surface area contributed by atoms with Gasteiger partial charge in [0.2, 0.25) is 12.7 Å². The Hall–Kier alpha value is -2.81. The van der Waals surface area contributed by atoms with Crippen LogP contribution in [-0.4, -0.2) is 28.4 Å². The van der Waals surface area contributed by atoms with Crippen LogP contribution in [0, 0.1) is 0 Å². The van der Waals surface area contributed by atoms with E-state index in [0.29, 0.717) is 22.2 Å². The third kappa shape index (κ3) is 3.81. The van der Waals surface area contributed by atoms with Crippen molar-refractivity contribution in [2.24, 2.45) is 0 Å². The minimum absolute atomic E-state index is 0.147. The molecule has 4 aromatic rings. The number of carbonyl (C=O) groups excluding carboxylic acids is 1. The lowest BCUT2D eigenvalue weighted by atomic mass is 10.2. The number of carbonyl (C=O) groups is 1. The Balaban J connectivity index is 1.32. The van der Waals surface area contributed by atoms with E-state index in [-0.39, 0.29) is 18.5 Å². The van der Waals surface area contributed by atoms with Crippen molar-refractivity contribution in [2.45, 2.75) is 5.03 Å². The largest absolute Gasteiger partial charge is 0.454 e. The number of aromatic nitrogens is 2. The fourth-order valence-electron chi connectivity index (χ4n) is 3.03. The average molecular weight is 456 g/mol. The molecule has 0 unspecified atom stereocenters. The van der Waals surface area contributed by atoms with Crippen LogP contribution in [0.1, 0.15) is 0 Å². The van der Waals surface area contributed by atoms with Gasteiger partial charge in [-0.05, 0) is 11.6 Å². The molecule has 0 fully saturated rings. The first-order valence-corrected chi connectivity index (χ1v) is 11.2. The number of ether oxygens (including phenoxy) is 2. The van der Waals surface area contributed by atoms with E-state index in [1.165, 1.54) is 18.1 Å². The number of hydrogen-bond donors (Lipinski definition) is 1. The Bertz CT molecular complexity index is 1250. The molecule has 1 aliphatic heterocycles. The molecule has 1 aliphatic rings. The normalized spacial score (nSPS) is 12.3. The number of hydrogen-bond acceptors (Lipinski definition) is 7. The van der Waals surface area contributed by atoms with Gasteiger partial charge in [-0.1, -0.05) is 53.7 Å². The topological polar surface area (TPSA) is 73.3 Å². The number of rotatable bonds is 5. The van der Waals surface area contributed by atoms with Crippen LogP contribution in [-0.2, 0) is 4.79 Å². The molecule has 5 rings (SSSR count). The summed E-state index contributed by atoms with van der Waals surface area (Å²) in [5, 5.41) is 4.93. The van der Waals surface area contributed by atoms with Crippen LogP contribution in [0.5, 0.6) is 11.5 Å². The number of amides is 1. The van der Waals surface area contributed by atoms with Crippen LogP contribution < -0.4 is 14.8 Å². The summed E-state index contributed by atoms with van der Waals surface area (Å²) in [5.41, 5.74) is 1.62. The van der Waals surface area contributed by atoms with Crippen molar-refractivity contribution in [3.63, 3.8) is 0 Å². The molecule has 6 nitrogen and oxygen atoms in total. The molecule has 0 bridgehead atoms. The van der Waals surface area contributed by atoms with Gasteiger partial charge in [-0.2, -0.15) is 0 Å². The van der Waals surface area contributed by atoms with Crippen molar-refractivity contribution < 1.29 is 14.3 Å². The number of fused-ring (bicyclic) bond motifs is 2. The number of nitrogens with zero attached hydrogens (tertiary/aromatic N) is 2. The summed E-state index contributed by atoms with van der Waals surface area (Å²) in [4.78, 5) is 23.3. The molecule has 2 aromatic carbocycles. The van der Waals surface area contributed by atoms with Crippen molar-refractivity contribution in [1.82, 2.24) is 9.97 Å². The highest BCUT2D eigenvalue weighted by Crippen LogP contribution is 2.39. The molecule has 0 aliphatic carbocycles. The van der Waals surface area contributed by atoms with Crippen molar-refractivity contribution in [3.8, 4) is 21.9 Å². The molecule has 0 saturated heterocycles. The highest BCUT2D eigenvalue weighted by atomic mass is 35.5. The van der Waals surface area contributed by atoms with E-state index in [1.807, 2.05) is 18.2 Å². The Morgan fingerprint density at radius 1 is 1.13 bits per heavy atom. The van der Waals surface area contributed by atoms with Crippen molar-refractivity contribution in [2.75, 3.05) is 17.9 Å². The summed E-state index contributed by atoms with van der Waals surface area (Å²) >= 11 is 9.20. The Kier molecular flexibility index (Phi) is 5.20. The lowest BCUT2D eigenvalue weighted by molar-refractivity contribution is -0.113. The second-order valence-corrected chi connectivity index (χ2v) is 8.80. The number of nitrogens with one attached hydrogen (secondary N) is 1. The van der Waals surface area contributed by atoms with Gasteiger partial charge in [0.15, 0.2) is 11.5 Å². The van der Waals surface area contributed by atoms with Crippen LogP contribution in [0.4, 0.5) is 5.69 Å². The number of anilines is 1. The SMILES string of the molecule is O=C(CSc1ncnc2sc(-c3ccccc3)cc12)Nc1cc2c(cc1Cl)OCO2. The van der Waals surface area contributed by atoms with Gasteiger partial charge in [0, 0.05) is 22.4 Å². The van der Waals surface area contributed by atoms with Gasteiger partial charge < -0.3 is 14.8 Å². The number of halogens is 1.